The van der Waals surface area contributed by atoms with Crippen molar-refractivity contribution in [3.05, 3.63) is 54.1 Å². The van der Waals surface area contributed by atoms with E-state index >= 15 is 0 Å². The minimum absolute atomic E-state index is 0.00729. The highest BCUT2D eigenvalue weighted by molar-refractivity contribution is 7.90. The van der Waals surface area contributed by atoms with Gasteiger partial charge in [-0.15, -0.1) is 0 Å². The second-order valence-electron chi connectivity index (χ2n) is 5.50. The number of hydrogen-bond donors (Lipinski definition) is 2. The third kappa shape index (κ3) is 4.16. The van der Waals surface area contributed by atoms with Gasteiger partial charge < -0.3 is 10.1 Å². The molecule has 1 heterocycles. The summed E-state index contributed by atoms with van der Waals surface area (Å²) in [7, 11) is -3.91. The van der Waals surface area contributed by atoms with Gasteiger partial charge in [-0.3, -0.25) is 9.59 Å². The monoisotopic (exact) mass is 360 g/mol. The van der Waals surface area contributed by atoms with E-state index in [0.29, 0.717) is 18.6 Å². The molecule has 2 aromatic rings. The second-order valence-corrected chi connectivity index (χ2v) is 7.18. The molecule has 2 amide bonds. The molecule has 0 atom stereocenters. The van der Waals surface area contributed by atoms with Gasteiger partial charge in [0.2, 0.25) is 5.91 Å². The summed E-state index contributed by atoms with van der Waals surface area (Å²) in [4.78, 5) is 23.2. The van der Waals surface area contributed by atoms with Crippen LogP contribution in [0.5, 0.6) is 5.75 Å². The highest BCUT2D eigenvalue weighted by Crippen LogP contribution is 2.26. The Hall–Kier alpha value is -2.87. The lowest BCUT2D eigenvalue weighted by Gasteiger charge is -2.17. The summed E-state index contributed by atoms with van der Waals surface area (Å²) in [5.74, 6) is -0.372. The number of rotatable bonds is 5. The molecule has 0 radical (unpaired) electrons. The lowest BCUT2D eigenvalue weighted by Crippen LogP contribution is -2.34. The third-order valence-electron chi connectivity index (χ3n) is 3.64. The minimum Gasteiger partial charge on any atom is -0.484 e. The predicted octanol–water partition coefficient (Wildman–Crippen LogP) is 1.46. The van der Waals surface area contributed by atoms with Crippen LogP contribution in [0.3, 0.4) is 0 Å². The largest absolute Gasteiger partial charge is 0.484 e. The number of aryl methyl sites for hydroxylation is 1. The van der Waals surface area contributed by atoms with E-state index in [2.05, 4.69) is 5.32 Å². The van der Waals surface area contributed by atoms with Crippen molar-refractivity contribution in [1.29, 1.82) is 0 Å². The van der Waals surface area contributed by atoms with Crippen LogP contribution in [0.2, 0.25) is 0 Å². The van der Waals surface area contributed by atoms with Gasteiger partial charge in [0.05, 0.1) is 4.90 Å². The van der Waals surface area contributed by atoms with Gasteiger partial charge in [-0.2, -0.15) is 0 Å². The summed E-state index contributed by atoms with van der Waals surface area (Å²) >= 11 is 0. The first kappa shape index (κ1) is 17.0. The summed E-state index contributed by atoms with van der Waals surface area (Å²) < 4.78 is 31.4. The quantitative estimate of drug-likeness (QED) is 0.840. The van der Waals surface area contributed by atoms with Gasteiger partial charge in [-0.1, -0.05) is 18.2 Å². The molecule has 0 fully saturated rings. The van der Waals surface area contributed by atoms with Crippen LogP contribution in [-0.4, -0.2) is 26.8 Å². The van der Waals surface area contributed by atoms with Crippen molar-refractivity contribution in [3.8, 4) is 5.75 Å². The number of anilines is 1. The van der Waals surface area contributed by atoms with E-state index in [1.807, 2.05) is 4.72 Å². The van der Waals surface area contributed by atoms with E-state index in [4.69, 9.17) is 4.74 Å². The van der Waals surface area contributed by atoms with Crippen molar-refractivity contribution in [1.82, 2.24) is 4.72 Å². The van der Waals surface area contributed by atoms with Crippen LogP contribution in [0.4, 0.5) is 5.69 Å². The fraction of sp³-hybridized carbons (Fsp3) is 0.176. The van der Waals surface area contributed by atoms with Crippen LogP contribution >= 0.6 is 0 Å². The fourth-order valence-corrected chi connectivity index (χ4v) is 3.43. The van der Waals surface area contributed by atoms with Crippen LogP contribution in [0.25, 0.3) is 0 Å². The molecule has 2 aromatic carbocycles. The van der Waals surface area contributed by atoms with Crippen LogP contribution in [0, 0.1) is 0 Å². The van der Waals surface area contributed by atoms with E-state index in [1.165, 1.54) is 12.1 Å². The molecular weight excluding hydrogens is 344 g/mol. The van der Waals surface area contributed by atoms with Crippen molar-refractivity contribution in [2.75, 3.05) is 11.9 Å². The van der Waals surface area contributed by atoms with Gasteiger partial charge in [-0.25, -0.2) is 13.1 Å². The smallest absolute Gasteiger partial charge is 0.271 e. The van der Waals surface area contributed by atoms with E-state index in [-0.39, 0.29) is 10.8 Å². The van der Waals surface area contributed by atoms with Gasteiger partial charge in [0.25, 0.3) is 15.9 Å². The number of amides is 2. The Morgan fingerprint density at radius 1 is 1.12 bits per heavy atom. The van der Waals surface area contributed by atoms with Gasteiger partial charge >= 0.3 is 0 Å². The molecule has 0 saturated heterocycles. The Balaban J connectivity index is 1.60. The van der Waals surface area contributed by atoms with Crippen LogP contribution in [0.1, 0.15) is 12.0 Å². The lowest BCUT2D eigenvalue weighted by molar-refractivity contribution is -0.121. The predicted molar refractivity (Wildman–Crippen MR) is 90.7 cm³/mol. The van der Waals surface area contributed by atoms with Crippen molar-refractivity contribution >= 4 is 27.5 Å². The molecule has 1 aliphatic rings. The lowest BCUT2D eigenvalue weighted by atomic mass is 10.0. The molecule has 3 rings (SSSR count). The Bertz CT molecular complexity index is 910. The van der Waals surface area contributed by atoms with E-state index in [9.17, 15) is 18.0 Å². The Kier molecular flexibility index (Phi) is 4.71. The SMILES string of the molecule is O=C1CCc2cc(OCC(=O)NS(=O)(=O)c3ccccc3)ccc2N1. The number of carbonyl (C=O) groups excluding carboxylic acids is 2. The van der Waals surface area contributed by atoms with Crippen molar-refractivity contribution in [3.63, 3.8) is 0 Å². The Morgan fingerprint density at radius 2 is 1.88 bits per heavy atom. The summed E-state index contributed by atoms with van der Waals surface area (Å²) in [6, 6.07) is 12.7. The molecule has 0 bridgehead atoms. The standard InChI is InChI=1S/C17H16N2O5S/c20-16-9-6-12-10-13(7-8-15(12)18-16)24-11-17(21)19-25(22,23)14-4-2-1-3-5-14/h1-5,7-8,10H,6,9,11H2,(H,18,20)(H,19,21). The average Bonchev–Trinajstić information content (AvgIpc) is 2.60. The van der Waals surface area contributed by atoms with Gasteiger partial charge in [-0.05, 0) is 42.3 Å². The molecule has 7 nitrogen and oxygen atoms in total. The second kappa shape index (κ2) is 6.94. The first-order valence-corrected chi connectivity index (χ1v) is 9.09. The van der Waals surface area contributed by atoms with Crippen LogP contribution in [0.15, 0.2) is 53.4 Å². The minimum atomic E-state index is -3.91. The molecule has 25 heavy (non-hydrogen) atoms. The highest BCUT2D eigenvalue weighted by atomic mass is 32.2. The molecular formula is C17H16N2O5S. The number of sulfonamides is 1. The van der Waals surface area contributed by atoms with Crippen molar-refractivity contribution in [2.45, 2.75) is 17.7 Å². The molecule has 0 spiro atoms. The summed E-state index contributed by atoms with van der Waals surface area (Å²) in [6.45, 7) is -0.433. The van der Waals surface area contributed by atoms with Gasteiger partial charge in [0.15, 0.2) is 6.61 Å². The molecule has 1 aliphatic heterocycles. The molecule has 130 valence electrons. The number of hydrogen-bond acceptors (Lipinski definition) is 5. The maximum atomic E-state index is 12.0. The molecule has 0 unspecified atom stereocenters. The Labute approximate surface area is 145 Å². The zero-order valence-electron chi connectivity index (χ0n) is 13.2. The topological polar surface area (TPSA) is 102 Å². The fourth-order valence-electron chi connectivity index (χ4n) is 2.44. The van der Waals surface area contributed by atoms with Crippen molar-refractivity contribution in [2.24, 2.45) is 0 Å². The molecule has 8 heteroatoms. The highest BCUT2D eigenvalue weighted by Gasteiger charge is 2.18. The summed E-state index contributed by atoms with van der Waals surface area (Å²) in [5, 5.41) is 2.75. The third-order valence-corrected chi connectivity index (χ3v) is 5.03. The van der Waals surface area contributed by atoms with Crippen LogP contribution in [-0.2, 0) is 26.0 Å². The normalized spacial score (nSPS) is 13.5. The van der Waals surface area contributed by atoms with E-state index in [0.717, 1.165) is 11.3 Å². The van der Waals surface area contributed by atoms with E-state index < -0.39 is 22.5 Å². The molecule has 0 aromatic heterocycles. The first-order valence-electron chi connectivity index (χ1n) is 7.60. The number of nitrogens with one attached hydrogen (secondary N) is 2. The Morgan fingerprint density at radius 3 is 2.64 bits per heavy atom. The summed E-state index contributed by atoms with van der Waals surface area (Å²) in [6.07, 6.45) is 0.985. The zero-order chi connectivity index (χ0) is 17.9. The number of benzene rings is 2. The molecule has 2 N–H and O–H groups in total. The average molecular weight is 360 g/mol. The van der Waals surface area contributed by atoms with E-state index in [1.54, 1.807) is 36.4 Å². The number of ether oxygens (including phenoxy) is 1. The van der Waals surface area contributed by atoms with Gasteiger partial charge in [0.1, 0.15) is 5.75 Å². The maximum absolute atomic E-state index is 12.0. The molecule has 0 aliphatic carbocycles. The van der Waals surface area contributed by atoms with Crippen molar-refractivity contribution < 1.29 is 22.7 Å². The molecule has 0 saturated carbocycles. The zero-order valence-corrected chi connectivity index (χ0v) is 14.0. The van der Waals surface area contributed by atoms with Crippen LogP contribution < -0.4 is 14.8 Å². The maximum Gasteiger partial charge on any atom is 0.271 e. The number of carbonyl (C=O) groups is 2. The summed E-state index contributed by atoms with van der Waals surface area (Å²) in [5.41, 5.74) is 1.63. The number of fused-ring (bicyclic) bond motifs is 1. The van der Waals surface area contributed by atoms with Gasteiger partial charge in [0, 0.05) is 12.1 Å². The first-order chi connectivity index (χ1) is 11.9.